The Labute approximate surface area is 298 Å². The van der Waals surface area contributed by atoms with Crippen LogP contribution in [0, 0.1) is 36.2 Å². The Morgan fingerprint density at radius 1 is 0.812 bits per heavy atom. The van der Waals surface area contributed by atoms with Crippen molar-refractivity contribution in [2.45, 2.75) is 108 Å². The Morgan fingerprint density at radius 3 is 1.94 bits per heavy atom. The first kappa shape index (κ1) is 41.2. The number of hydrogen-bond donors (Lipinski definition) is 1. The van der Waals surface area contributed by atoms with E-state index in [1.54, 1.807) is 12.3 Å². The topological polar surface area (TPSA) is 50.2 Å². The van der Waals surface area contributed by atoms with Crippen molar-refractivity contribution in [1.82, 2.24) is 4.98 Å². The van der Waals surface area contributed by atoms with Crippen LogP contribution < -0.4 is 0 Å². The van der Waals surface area contributed by atoms with Crippen molar-refractivity contribution < 1.29 is 43.2 Å². The number of alkyl halides is 3. The van der Waals surface area contributed by atoms with E-state index in [0.29, 0.717) is 5.56 Å². The summed E-state index contributed by atoms with van der Waals surface area (Å²) in [4.78, 5) is 16.8. The number of hydrogen-bond acceptors (Lipinski definition) is 3. The molecule has 1 heterocycles. The van der Waals surface area contributed by atoms with Crippen LogP contribution in [0.2, 0.25) is 0 Å². The fraction of sp³-hybridized carbons (Fsp3) is 0.463. The molecule has 0 saturated heterocycles. The summed E-state index contributed by atoms with van der Waals surface area (Å²) in [5.41, 5.74) is 2.33. The maximum Gasteiger partial charge on any atom is 0.394 e. The fourth-order valence-corrected chi connectivity index (χ4v) is 5.69. The number of pyridine rings is 1. The summed E-state index contributed by atoms with van der Waals surface area (Å²) >= 11 is 0. The molecule has 0 aliphatic rings. The average molecular weight is 839 g/mol. The van der Waals surface area contributed by atoms with Crippen LogP contribution in [-0.2, 0) is 31.3 Å². The molecule has 48 heavy (non-hydrogen) atoms. The third-order valence-electron chi connectivity index (χ3n) is 10.2. The first-order valence-corrected chi connectivity index (χ1v) is 16.7. The molecule has 0 bridgehead atoms. The van der Waals surface area contributed by atoms with Gasteiger partial charge in [-0.15, -0.1) is 34.9 Å². The van der Waals surface area contributed by atoms with Crippen LogP contribution in [0.4, 0.5) is 13.2 Å². The summed E-state index contributed by atoms with van der Waals surface area (Å²) in [6.07, 6.45) is 2.24. The van der Waals surface area contributed by atoms with Crippen molar-refractivity contribution in [3.05, 3.63) is 89.3 Å². The van der Waals surface area contributed by atoms with Crippen molar-refractivity contribution in [1.29, 1.82) is 0 Å². The summed E-state index contributed by atoms with van der Waals surface area (Å²) < 4.78 is 39.9. The van der Waals surface area contributed by atoms with Gasteiger partial charge in [0.2, 0.25) is 0 Å². The van der Waals surface area contributed by atoms with Crippen LogP contribution in [0.15, 0.2) is 66.6 Å². The van der Waals surface area contributed by atoms with Gasteiger partial charge in [0, 0.05) is 43.2 Å². The number of allylic oxidation sites excluding steroid dienone is 2. The van der Waals surface area contributed by atoms with Gasteiger partial charge in [-0.25, -0.2) is 0 Å². The molecule has 0 aliphatic heterocycles. The fourth-order valence-electron chi connectivity index (χ4n) is 5.69. The van der Waals surface area contributed by atoms with Gasteiger partial charge in [-0.2, -0.15) is 13.2 Å². The SMILES string of the molecule is CCC(C)(CC)C(=O)/C=C(\O)C(C)(CC)CC.Cc1[c-]c(-c2nccc3c2ccc2cc(CC(C)(C)C(F)(F)F)ccc23)cc(C)c1.[Ir]. The summed E-state index contributed by atoms with van der Waals surface area (Å²) in [6, 6.07) is 19.1. The van der Waals surface area contributed by atoms with Crippen molar-refractivity contribution in [2.24, 2.45) is 16.2 Å². The summed E-state index contributed by atoms with van der Waals surface area (Å²) in [5, 5.41) is 14.1. The molecule has 3 aromatic carbocycles. The predicted octanol–water partition coefficient (Wildman–Crippen LogP) is 12.3. The molecule has 1 radical (unpaired) electrons. The number of halogens is 3. The van der Waals surface area contributed by atoms with Crippen molar-refractivity contribution in [3.63, 3.8) is 0 Å². The van der Waals surface area contributed by atoms with Gasteiger partial charge in [-0.1, -0.05) is 99.6 Å². The number of rotatable bonds is 10. The third kappa shape index (κ3) is 9.15. The third-order valence-corrected chi connectivity index (χ3v) is 10.2. The summed E-state index contributed by atoms with van der Waals surface area (Å²) in [6.45, 7) is 18.6. The number of fused-ring (bicyclic) bond motifs is 3. The van der Waals surface area contributed by atoms with E-state index in [2.05, 4.69) is 30.1 Å². The van der Waals surface area contributed by atoms with Gasteiger partial charge in [-0.3, -0.25) is 4.79 Å². The maximum atomic E-state index is 13.3. The van der Waals surface area contributed by atoms with Gasteiger partial charge in [0.05, 0.1) is 5.41 Å². The molecule has 0 unspecified atom stereocenters. The molecule has 1 N–H and O–H groups in total. The molecular weight excluding hydrogens is 788 g/mol. The van der Waals surface area contributed by atoms with Crippen molar-refractivity contribution >= 4 is 27.3 Å². The first-order chi connectivity index (χ1) is 21.8. The van der Waals surface area contributed by atoms with Crippen LogP contribution >= 0.6 is 0 Å². The second-order valence-electron chi connectivity index (χ2n) is 14.1. The second-order valence-corrected chi connectivity index (χ2v) is 14.1. The summed E-state index contributed by atoms with van der Waals surface area (Å²) in [7, 11) is 0. The van der Waals surface area contributed by atoms with Gasteiger partial charge in [-0.05, 0) is 71.0 Å². The van der Waals surface area contributed by atoms with E-state index < -0.39 is 11.6 Å². The number of carbonyl (C=O) groups excluding carboxylic acids is 1. The molecule has 7 heteroatoms. The van der Waals surface area contributed by atoms with Gasteiger partial charge in [0.15, 0.2) is 5.78 Å². The molecule has 0 atom stereocenters. The van der Waals surface area contributed by atoms with Gasteiger partial charge in [0.25, 0.3) is 0 Å². The average Bonchev–Trinajstić information content (AvgIpc) is 3.02. The number of aromatic nitrogens is 1. The molecule has 4 aromatic rings. The number of aliphatic hydroxyl groups excluding tert-OH is 1. The first-order valence-electron chi connectivity index (χ1n) is 16.7. The minimum Gasteiger partial charge on any atom is -0.512 e. The monoisotopic (exact) mass is 839 g/mol. The minimum atomic E-state index is -4.24. The number of nitrogens with zero attached hydrogens (tertiary/aromatic N) is 1. The van der Waals surface area contributed by atoms with E-state index in [-0.39, 0.29) is 48.9 Å². The van der Waals surface area contributed by atoms with E-state index >= 15 is 0 Å². The van der Waals surface area contributed by atoms with E-state index in [0.717, 1.165) is 69.6 Å². The molecule has 4 rings (SSSR count). The molecule has 0 saturated carbocycles. The Balaban J connectivity index is 0.000000384. The zero-order valence-electron chi connectivity index (χ0n) is 30.1. The summed E-state index contributed by atoms with van der Waals surface area (Å²) in [5.74, 6) is 0.286. The van der Waals surface area contributed by atoms with Crippen molar-refractivity contribution in [2.75, 3.05) is 0 Å². The number of aliphatic hydroxyl groups is 1. The standard InChI is InChI=1S/C26H23F3N.C15H28O2.Ir/c1-16-11-17(2)13-20(12-16)24-23-8-6-19-14-18(15-25(3,4)26(27,28)29)5-7-21(19)22(23)9-10-30-24;1-7-14(5,8-2)12(16)11-13(17)15(6,9-3)10-4;/h5-12,14H,15H2,1-4H3;11,16H,7-10H2,1-6H3;/q-1;;/b;12-11-;. The quantitative estimate of drug-likeness (QED) is 0.0749. The van der Waals surface area contributed by atoms with Crippen molar-refractivity contribution in [3.8, 4) is 11.3 Å². The van der Waals surface area contributed by atoms with E-state index in [1.165, 1.54) is 19.9 Å². The molecular formula is C41H51F3IrNO2-. The molecule has 1 aromatic heterocycles. The molecule has 0 fully saturated rings. The van der Waals surface area contributed by atoms with Gasteiger partial charge >= 0.3 is 6.18 Å². The Morgan fingerprint density at radius 2 is 1.40 bits per heavy atom. The van der Waals surface area contributed by atoms with Gasteiger partial charge in [0.1, 0.15) is 5.76 Å². The van der Waals surface area contributed by atoms with E-state index in [1.807, 2.05) is 78.8 Å². The van der Waals surface area contributed by atoms with E-state index in [9.17, 15) is 23.1 Å². The zero-order valence-corrected chi connectivity index (χ0v) is 32.5. The number of benzene rings is 3. The molecule has 3 nitrogen and oxygen atoms in total. The second kappa shape index (κ2) is 16.1. The van der Waals surface area contributed by atoms with Crippen LogP contribution in [-0.4, -0.2) is 22.1 Å². The number of aryl methyl sites for hydroxylation is 2. The minimum absolute atomic E-state index is 0. The van der Waals surface area contributed by atoms with Crippen LogP contribution in [0.3, 0.4) is 0 Å². The Hall–Kier alpha value is -3.02. The largest absolute Gasteiger partial charge is 0.512 e. The number of ketones is 1. The Kier molecular flexibility index (Phi) is 13.8. The number of carbonyl (C=O) groups is 1. The maximum absolute atomic E-state index is 13.3. The van der Waals surface area contributed by atoms with Crippen LogP contribution in [0.25, 0.3) is 32.8 Å². The molecule has 0 aliphatic carbocycles. The van der Waals surface area contributed by atoms with E-state index in [4.69, 9.17) is 0 Å². The molecule has 0 amide bonds. The molecule has 0 spiro atoms. The van der Waals surface area contributed by atoms with Crippen LogP contribution in [0.1, 0.15) is 97.8 Å². The zero-order chi connectivity index (χ0) is 35.4. The predicted molar refractivity (Wildman–Crippen MR) is 190 cm³/mol. The van der Waals surface area contributed by atoms with Gasteiger partial charge < -0.3 is 10.1 Å². The normalized spacial score (nSPS) is 12.8. The van der Waals surface area contributed by atoms with Crippen LogP contribution in [0.5, 0.6) is 0 Å². The Bertz CT molecular complexity index is 1730. The molecule has 263 valence electrons. The smallest absolute Gasteiger partial charge is 0.394 e.